The van der Waals surface area contributed by atoms with Gasteiger partial charge >= 0.3 is 0 Å². The first-order chi connectivity index (χ1) is 9.26. The second kappa shape index (κ2) is 6.50. The SMILES string of the molecule is CNCc1cc2ccccc2c(N(C)CCOC)n1. The van der Waals surface area contributed by atoms with Crippen LogP contribution in [0, 0.1) is 0 Å². The summed E-state index contributed by atoms with van der Waals surface area (Å²) >= 11 is 0. The molecule has 1 N–H and O–H groups in total. The Hall–Kier alpha value is -1.65. The van der Waals surface area contributed by atoms with Crippen LogP contribution in [0.25, 0.3) is 10.8 Å². The lowest BCUT2D eigenvalue weighted by Gasteiger charge is -2.20. The van der Waals surface area contributed by atoms with Gasteiger partial charge in [-0.25, -0.2) is 4.98 Å². The van der Waals surface area contributed by atoms with Crippen molar-refractivity contribution in [1.29, 1.82) is 0 Å². The first-order valence-electron chi connectivity index (χ1n) is 6.49. The zero-order valence-corrected chi connectivity index (χ0v) is 11.8. The summed E-state index contributed by atoms with van der Waals surface area (Å²) in [6.45, 7) is 2.30. The summed E-state index contributed by atoms with van der Waals surface area (Å²) in [5.41, 5.74) is 1.06. The molecule has 0 amide bonds. The van der Waals surface area contributed by atoms with Gasteiger partial charge in [-0.2, -0.15) is 0 Å². The van der Waals surface area contributed by atoms with Crippen molar-refractivity contribution in [2.45, 2.75) is 6.54 Å². The number of rotatable bonds is 6. The summed E-state index contributed by atoms with van der Waals surface area (Å²) in [6.07, 6.45) is 0. The first kappa shape index (κ1) is 13.8. The van der Waals surface area contributed by atoms with E-state index in [1.54, 1.807) is 7.11 Å². The lowest BCUT2D eigenvalue weighted by Crippen LogP contribution is -2.24. The van der Waals surface area contributed by atoms with E-state index >= 15 is 0 Å². The Morgan fingerprint density at radius 2 is 2.11 bits per heavy atom. The molecule has 0 aliphatic rings. The smallest absolute Gasteiger partial charge is 0.136 e. The molecule has 0 atom stereocenters. The summed E-state index contributed by atoms with van der Waals surface area (Å²) in [6, 6.07) is 10.5. The van der Waals surface area contributed by atoms with Crippen molar-refractivity contribution in [3.63, 3.8) is 0 Å². The van der Waals surface area contributed by atoms with Crippen molar-refractivity contribution in [3.8, 4) is 0 Å². The van der Waals surface area contributed by atoms with Crippen LogP contribution in [-0.2, 0) is 11.3 Å². The summed E-state index contributed by atoms with van der Waals surface area (Å²) < 4.78 is 5.14. The Labute approximate surface area is 114 Å². The number of ether oxygens (including phenoxy) is 1. The van der Waals surface area contributed by atoms with Gasteiger partial charge < -0.3 is 15.0 Å². The van der Waals surface area contributed by atoms with Crippen LogP contribution >= 0.6 is 0 Å². The number of nitrogens with one attached hydrogen (secondary N) is 1. The molecule has 1 aromatic carbocycles. The maximum Gasteiger partial charge on any atom is 0.136 e. The number of likely N-dealkylation sites (N-methyl/N-ethyl adjacent to an activating group) is 1. The molecular formula is C15H21N3O. The van der Waals surface area contributed by atoms with Crippen molar-refractivity contribution in [2.75, 3.05) is 39.3 Å². The van der Waals surface area contributed by atoms with Gasteiger partial charge in [-0.3, -0.25) is 0 Å². The zero-order chi connectivity index (χ0) is 13.7. The minimum Gasteiger partial charge on any atom is -0.383 e. The van der Waals surface area contributed by atoms with Gasteiger partial charge in [0.05, 0.1) is 12.3 Å². The lowest BCUT2D eigenvalue weighted by atomic mass is 10.1. The predicted octanol–water partition coefficient (Wildman–Crippen LogP) is 2.04. The van der Waals surface area contributed by atoms with E-state index < -0.39 is 0 Å². The van der Waals surface area contributed by atoms with E-state index in [0.717, 1.165) is 24.6 Å². The standard InChI is InChI=1S/C15H21N3O/c1-16-11-13-10-12-6-4-5-7-14(12)15(17-13)18(2)8-9-19-3/h4-7,10,16H,8-9,11H2,1-3H3. The third-order valence-electron chi connectivity index (χ3n) is 3.12. The number of hydrogen-bond donors (Lipinski definition) is 1. The fourth-order valence-electron chi connectivity index (χ4n) is 2.13. The highest BCUT2D eigenvalue weighted by atomic mass is 16.5. The first-order valence-corrected chi connectivity index (χ1v) is 6.49. The minimum atomic E-state index is 0.697. The molecular weight excluding hydrogens is 238 g/mol. The summed E-state index contributed by atoms with van der Waals surface area (Å²) in [5.74, 6) is 1.01. The Bertz CT molecular complexity index is 542. The molecule has 0 aliphatic carbocycles. The van der Waals surface area contributed by atoms with E-state index in [9.17, 15) is 0 Å². The molecule has 0 aliphatic heterocycles. The normalized spacial score (nSPS) is 10.9. The van der Waals surface area contributed by atoms with Crippen molar-refractivity contribution in [1.82, 2.24) is 10.3 Å². The molecule has 0 saturated carbocycles. The third kappa shape index (κ3) is 3.22. The maximum absolute atomic E-state index is 5.14. The van der Waals surface area contributed by atoms with Crippen molar-refractivity contribution < 1.29 is 4.74 Å². The average Bonchev–Trinajstić information content (AvgIpc) is 2.44. The molecule has 4 heteroatoms. The predicted molar refractivity (Wildman–Crippen MR) is 79.7 cm³/mol. The molecule has 1 aromatic heterocycles. The van der Waals surface area contributed by atoms with Gasteiger partial charge in [0.2, 0.25) is 0 Å². The molecule has 19 heavy (non-hydrogen) atoms. The van der Waals surface area contributed by atoms with Gasteiger partial charge in [0.15, 0.2) is 0 Å². The topological polar surface area (TPSA) is 37.4 Å². The molecule has 0 fully saturated rings. The molecule has 0 bridgehead atoms. The molecule has 2 aromatic rings. The van der Waals surface area contributed by atoms with Gasteiger partial charge in [-0.15, -0.1) is 0 Å². The van der Waals surface area contributed by atoms with Crippen molar-refractivity contribution >= 4 is 16.6 Å². The monoisotopic (exact) mass is 259 g/mol. The molecule has 1 heterocycles. The van der Waals surface area contributed by atoms with Gasteiger partial charge in [-0.05, 0) is 18.5 Å². The molecule has 0 unspecified atom stereocenters. The number of anilines is 1. The van der Waals surface area contributed by atoms with Gasteiger partial charge in [0.1, 0.15) is 5.82 Å². The molecule has 0 spiro atoms. The fourth-order valence-corrected chi connectivity index (χ4v) is 2.13. The van der Waals surface area contributed by atoms with Gasteiger partial charge in [0, 0.05) is 32.6 Å². The second-order valence-electron chi connectivity index (χ2n) is 4.60. The Morgan fingerprint density at radius 3 is 2.84 bits per heavy atom. The summed E-state index contributed by atoms with van der Waals surface area (Å²) in [4.78, 5) is 6.90. The van der Waals surface area contributed by atoms with E-state index in [0.29, 0.717) is 6.61 Å². The van der Waals surface area contributed by atoms with Crippen LogP contribution in [0.4, 0.5) is 5.82 Å². The van der Waals surface area contributed by atoms with Crippen LogP contribution in [0.15, 0.2) is 30.3 Å². The molecule has 4 nitrogen and oxygen atoms in total. The van der Waals surface area contributed by atoms with E-state index in [1.807, 2.05) is 7.05 Å². The lowest BCUT2D eigenvalue weighted by molar-refractivity contribution is 0.206. The molecule has 102 valence electrons. The third-order valence-corrected chi connectivity index (χ3v) is 3.12. The van der Waals surface area contributed by atoms with Crippen LogP contribution in [0.2, 0.25) is 0 Å². The van der Waals surface area contributed by atoms with E-state index in [4.69, 9.17) is 9.72 Å². The zero-order valence-electron chi connectivity index (χ0n) is 11.8. The molecule has 0 radical (unpaired) electrons. The Balaban J connectivity index is 2.43. The summed E-state index contributed by atoms with van der Waals surface area (Å²) in [7, 11) is 5.71. The molecule has 2 rings (SSSR count). The van der Waals surface area contributed by atoms with Crippen molar-refractivity contribution in [3.05, 3.63) is 36.0 Å². The quantitative estimate of drug-likeness (QED) is 0.861. The molecule has 0 saturated heterocycles. The van der Waals surface area contributed by atoms with E-state index in [-0.39, 0.29) is 0 Å². The van der Waals surface area contributed by atoms with Gasteiger partial charge in [-0.1, -0.05) is 24.3 Å². The van der Waals surface area contributed by atoms with E-state index in [2.05, 4.69) is 47.6 Å². The number of fused-ring (bicyclic) bond motifs is 1. The largest absolute Gasteiger partial charge is 0.383 e. The van der Waals surface area contributed by atoms with Crippen LogP contribution in [0.5, 0.6) is 0 Å². The maximum atomic E-state index is 5.14. The van der Waals surface area contributed by atoms with Crippen LogP contribution in [-0.4, -0.2) is 39.3 Å². The Kier molecular flexibility index (Phi) is 4.71. The van der Waals surface area contributed by atoms with E-state index in [1.165, 1.54) is 10.8 Å². The highest BCUT2D eigenvalue weighted by molar-refractivity contribution is 5.92. The second-order valence-corrected chi connectivity index (χ2v) is 4.60. The highest BCUT2D eigenvalue weighted by Crippen LogP contribution is 2.24. The Morgan fingerprint density at radius 1 is 1.32 bits per heavy atom. The number of methoxy groups -OCH3 is 1. The van der Waals surface area contributed by atoms with Crippen LogP contribution < -0.4 is 10.2 Å². The average molecular weight is 259 g/mol. The van der Waals surface area contributed by atoms with Crippen molar-refractivity contribution in [2.24, 2.45) is 0 Å². The van der Waals surface area contributed by atoms with Crippen LogP contribution in [0.3, 0.4) is 0 Å². The number of hydrogen-bond acceptors (Lipinski definition) is 4. The van der Waals surface area contributed by atoms with Gasteiger partial charge in [0.25, 0.3) is 0 Å². The summed E-state index contributed by atoms with van der Waals surface area (Å²) in [5, 5.41) is 5.56. The van der Waals surface area contributed by atoms with Crippen LogP contribution in [0.1, 0.15) is 5.69 Å². The minimum absolute atomic E-state index is 0.697. The number of aromatic nitrogens is 1. The number of benzene rings is 1. The fraction of sp³-hybridized carbons (Fsp3) is 0.400. The number of nitrogens with zero attached hydrogens (tertiary/aromatic N) is 2. The number of pyridine rings is 1. The highest BCUT2D eigenvalue weighted by Gasteiger charge is 2.09.